The zero-order chi connectivity index (χ0) is 18.6. The quantitative estimate of drug-likeness (QED) is 0.521. The number of hydrogen-bond acceptors (Lipinski definition) is 2. The monoisotopic (exact) mass is 354 g/mol. The van der Waals surface area contributed by atoms with E-state index in [1.165, 1.54) is 22.4 Å². The molecule has 0 fully saturated rings. The number of hydrogen-bond donors (Lipinski definition) is 1. The molecule has 1 N–H and O–H groups in total. The summed E-state index contributed by atoms with van der Waals surface area (Å²) in [7, 11) is 0. The molecule has 2 heterocycles. The molecule has 0 bridgehead atoms. The van der Waals surface area contributed by atoms with Gasteiger partial charge in [0.2, 0.25) is 0 Å². The smallest absolute Gasteiger partial charge is 0.328 e. The minimum atomic E-state index is -0.962. The molecule has 0 atom stereocenters. The van der Waals surface area contributed by atoms with Gasteiger partial charge < -0.3 is 9.67 Å². The molecule has 4 rings (SSSR count). The first kappa shape index (κ1) is 16.8. The van der Waals surface area contributed by atoms with Gasteiger partial charge in [0.1, 0.15) is 0 Å². The van der Waals surface area contributed by atoms with Gasteiger partial charge in [-0.05, 0) is 46.7 Å². The molecule has 2 aromatic heterocycles. The molecule has 0 radical (unpaired) electrons. The summed E-state index contributed by atoms with van der Waals surface area (Å²) in [4.78, 5) is 15.2. The van der Waals surface area contributed by atoms with Crippen LogP contribution in [-0.2, 0) is 11.3 Å². The van der Waals surface area contributed by atoms with E-state index in [1.54, 1.807) is 12.3 Å². The van der Waals surface area contributed by atoms with E-state index in [-0.39, 0.29) is 0 Å². The van der Waals surface area contributed by atoms with Crippen LogP contribution in [0.3, 0.4) is 0 Å². The second-order valence-corrected chi connectivity index (χ2v) is 6.28. The van der Waals surface area contributed by atoms with Crippen LogP contribution in [0.2, 0.25) is 0 Å². The van der Waals surface area contributed by atoms with Crippen molar-refractivity contribution in [2.24, 2.45) is 0 Å². The predicted molar refractivity (Wildman–Crippen MR) is 107 cm³/mol. The Kier molecular flexibility index (Phi) is 4.54. The lowest BCUT2D eigenvalue weighted by Gasteiger charge is -2.14. The van der Waals surface area contributed by atoms with Gasteiger partial charge in [-0.15, -0.1) is 0 Å². The number of aromatic nitrogens is 2. The Morgan fingerprint density at radius 3 is 2.67 bits per heavy atom. The minimum Gasteiger partial charge on any atom is -0.478 e. The predicted octanol–water partition coefficient (Wildman–Crippen LogP) is 4.85. The van der Waals surface area contributed by atoms with Gasteiger partial charge in [0.05, 0.1) is 5.69 Å². The number of aliphatic carboxylic acids is 1. The number of fused-ring (bicyclic) bond motifs is 1. The summed E-state index contributed by atoms with van der Waals surface area (Å²) in [6.45, 7) is 0.637. The second-order valence-electron chi connectivity index (χ2n) is 6.28. The van der Waals surface area contributed by atoms with E-state index in [0.717, 1.165) is 17.0 Å². The lowest BCUT2D eigenvalue weighted by Crippen LogP contribution is -2.05. The van der Waals surface area contributed by atoms with E-state index < -0.39 is 5.97 Å². The first-order valence-corrected chi connectivity index (χ1v) is 8.70. The van der Waals surface area contributed by atoms with Crippen LogP contribution in [0.4, 0.5) is 0 Å². The summed E-state index contributed by atoms with van der Waals surface area (Å²) >= 11 is 0. The molecule has 132 valence electrons. The number of rotatable bonds is 5. The summed E-state index contributed by atoms with van der Waals surface area (Å²) in [6.07, 6.45) is 6.36. The van der Waals surface area contributed by atoms with Crippen molar-refractivity contribution >= 4 is 22.8 Å². The lowest BCUT2D eigenvalue weighted by molar-refractivity contribution is -0.131. The summed E-state index contributed by atoms with van der Waals surface area (Å²) in [5, 5.41) is 11.4. The molecule has 4 nitrogen and oxygen atoms in total. The summed E-state index contributed by atoms with van der Waals surface area (Å²) in [6, 6.07) is 22.4. The van der Waals surface area contributed by atoms with Crippen LogP contribution in [0.15, 0.2) is 85.2 Å². The maximum atomic E-state index is 11.0. The van der Waals surface area contributed by atoms with Crippen molar-refractivity contribution in [1.82, 2.24) is 9.55 Å². The lowest BCUT2D eigenvalue weighted by atomic mass is 10.0. The number of nitrogens with zero attached hydrogens (tertiary/aromatic N) is 2. The third-order valence-corrected chi connectivity index (χ3v) is 4.58. The molecule has 0 aliphatic carbocycles. The van der Waals surface area contributed by atoms with Crippen LogP contribution in [0.1, 0.15) is 11.3 Å². The first-order valence-electron chi connectivity index (χ1n) is 8.70. The Bertz CT molecular complexity index is 1120. The molecule has 0 aliphatic heterocycles. The molecule has 0 saturated carbocycles. The van der Waals surface area contributed by atoms with Crippen molar-refractivity contribution in [2.45, 2.75) is 6.54 Å². The van der Waals surface area contributed by atoms with Crippen LogP contribution in [0.5, 0.6) is 0 Å². The molecular weight excluding hydrogens is 336 g/mol. The van der Waals surface area contributed by atoms with Crippen molar-refractivity contribution in [3.63, 3.8) is 0 Å². The van der Waals surface area contributed by atoms with Gasteiger partial charge >= 0.3 is 5.97 Å². The highest BCUT2D eigenvalue weighted by molar-refractivity contribution is 5.86. The average molecular weight is 354 g/mol. The third-order valence-electron chi connectivity index (χ3n) is 4.58. The van der Waals surface area contributed by atoms with Gasteiger partial charge in [-0.25, -0.2) is 4.79 Å². The van der Waals surface area contributed by atoms with Crippen molar-refractivity contribution in [3.8, 4) is 11.3 Å². The largest absolute Gasteiger partial charge is 0.478 e. The maximum absolute atomic E-state index is 11.0. The molecule has 0 spiro atoms. The van der Waals surface area contributed by atoms with Gasteiger partial charge in [-0.2, -0.15) is 0 Å². The molecule has 27 heavy (non-hydrogen) atoms. The molecule has 0 saturated heterocycles. The SMILES string of the molecule is O=C(O)/C=C/c1ccc(-c2cccnc2)n1Cc1cccc2ccccc12. The van der Waals surface area contributed by atoms with E-state index in [1.807, 2.05) is 42.6 Å². The fraction of sp³-hybridized carbons (Fsp3) is 0.0435. The number of carboxylic acids is 1. The number of benzene rings is 2. The molecule has 4 aromatic rings. The highest BCUT2D eigenvalue weighted by atomic mass is 16.4. The summed E-state index contributed by atoms with van der Waals surface area (Å²) < 4.78 is 2.12. The number of pyridine rings is 1. The van der Waals surface area contributed by atoms with Crippen LogP contribution in [0.25, 0.3) is 28.1 Å². The topological polar surface area (TPSA) is 55.1 Å². The van der Waals surface area contributed by atoms with Crippen molar-refractivity contribution in [1.29, 1.82) is 0 Å². The van der Waals surface area contributed by atoms with Gasteiger partial charge in [0.25, 0.3) is 0 Å². The fourth-order valence-corrected chi connectivity index (χ4v) is 3.33. The summed E-state index contributed by atoms with van der Waals surface area (Å²) in [5.74, 6) is -0.962. The molecule has 0 aliphatic rings. The van der Waals surface area contributed by atoms with Crippen LogP contribution < -0.4 is 0 Å². The highest BCUT2D eigenvalue weighted by Gasteiger charge is 2.11. The van der Waals surface area contributed by atoms with Gasteiger partial charge in [-0.3, -0.25) is 4.98 Å². The van der Waals surface area contributed by atoms with Crippen molar-refractivity contribution in [3.05, 3.63) is 96.5 Å². The Morgan fingerprint density at radius 2 is 1.85 bits per heavy atom. The second kappa shape index (κ2) is 7.30. The fourth-order valence-electron chi connectivity index (χ4n) is 3.33. The molecule has 4 heteroatoms. The number of carbonyl (C=O) groups is 1. The average Bonchev–Trinajstić information content (AvgIpc) is 3.10. The normalized spacial score (nSPS) is 11.3. The third kappa shape index (κ3) is 3.51. The van der Waals surface area contributed by atoms with Crippen molar-refractivity contribution < 1.29 is 9.90 Å². The Hall–Kier alpha value is -3.66. The van der Waals surface area contributed by atoms with Crippen LogP contribution in [0, 0.1) is 0 Å². The Balaban J connectivity index is 1.84. The van der Waals surface area contributed by atoms with Gasteiger partial charge in [-0.1, -0.05) is 42.5 Å². The Morgan fingerprint density at radius 1 is 1.00 bits per heavy atom. The first-order chi connectivity index (χ1) is 13.2. The molecule has 2 aromatic carbocycles. The highest BCUT2D eigenvalue weighted by Crippen LogP contribution is 2.26. The standard InChI is InChI=1S/C23H18N2O2/c26-23(27)13-11-20-10-12-22(18-8-4-14-24-15-18)25(20)16-19-7-3-6-17-5-1-2-9-21(17)19/h1-15H,16H2,(H,26,27)/b13-11+. The van der Waals surface area contributed by atoms with E-state index in [9.17, 15) is 4.79 Å². The van der Waals surface area contributed by atoms with E-state index in [2.05, 4.69) is 39.9 Å². The van der Waals surface area contributed by atoms with E-state index >= 15 is 0 Å². The van der Waals surface area contributed by atoms with Crippen LogP contribution >= 0.6 is 0 Å². The van der Waals surface area contributed by atoms with Crippen molar-refractivity contribution in [2.75, 3.05) is 0 Å². The zero-order valence-corrected chi connectivity index (χ0v) is 14.6. The Labute approximate surface area is 157 Å². The van der Waals surface area contributed by atoms with E-state index in [0.29, 0.717) is 6.54 Å². The maximum Gasteiger partial charge on any atom is 0.328 e. The van der Waals surface area contributed by atoms with Gasteiger partial charge in [0.15, 0.2) is 0 Å². The van der Waals surface area contributed by atoms with Gasteiger partial charge in [0, 0.05) is 36.3 Å². The minimum absolute atomic E-state index is 0.637. The zero-order valence-electron chi connectivity index (χ0n) is 14.6. The molecular formula is C23H18N2O2. The van der Waals surface area contributed by atoms with E-state index in [4.69, 9.17) is 5.11 Å². The van der Waals surface area contributed by atoms with Crippen LogP contribution in [-0.4, -0.2) is 20.6 Å². The summed E-state index contributed by atoms with van der Waals surface area (Å²) in [5.41, 5.74) is 4.01. The number of carboxylic acid groups (broad SMARTS) is 1. The molecule has 0 unspecified atom stereocenters. The molecule has 0 amide bonds.